The molecule has 2 heterocycles. The van der Waals surface area contributed by atoms with Gasteiger partial charge in [0.25, 0.3) is 11.1 Å². The molecule has 10 nitrogen and oxygen atoms in total. The molecule has 4 rings (SSSR count). The third kappa shape index (κ3) is 6.14. The van der Waals surface area contributed by atoms with Gasteiger partial charge in [-0.25, -0.2) is 8.42 Å². The molecular weight excluding hydrogens is 514 g/mol. The molecule has 0 radical (unpaired) electrons. The van der Waals surface area contributed by atoms with Gasteiger partial charge in [0.1, 0.15) is 11.6 Å². The van der Waals surface area contributed by atoms with Crippen LogP contribution in [0, 0.1) is 11.3 Å². The Hall–Kier alpha value is -4.21. The number of hydrogen-bond acceptors (Lipinski definition) is 9. The van der Waals surface area contributed by atoms with E-state index in [1.165, 1.54) is 6.08 Å². The molecule has 190 valence electrons. The molecule has 4 aromatic rings. The third-order valence-electron chi connectivity index (χ3n) is 5.31. The summed E-state index contributed by atoms with van der Waals surface area (Å²) in [5.41, 5.74) is 1.49. The van der Waals surface area contributed by atoms with Crippen LogP contribution in [-0.2, 0) is 21.2 Å². The second kappa shape index (κ2) is 11.2. The van der Waals surface area contributed by atoms with E-state index >= 15 is 0 Å². The average Bonchev–Trinajstić information content (AvgIpc) is 3.50. The van der Waals surface area contributed by atoms with Crippen LogP contribution < -0.4 is 14.8 Å². The fourth-order valence-corrected chi connectivity index (χ4v) is 5.05. The predicted octanol–water partition coefficient (Wildman–Crippen LogP) is 3.92. The van der Waals surface area contributed by atoms with E-state index in [9.17, 15) is 18.5 Å². The molecule has 0 spiro atoms. The van der Waals surface area contributed by atoms with Crippen LogP contribution in [0.15, 0.2) is 65.5 Å². The van der Waals surface area contributed by atoms with Crippen molar-refractivity contribution in [1.82, 2.24) is 13.9 Å². The highest BCUT2D eigenvalue weighted by Crippen LogP contribution is 2.27. The van der Waals surface area contributed by atoms with Crippen LogP contribution in [0.3, 0.4) is 0 Å². The lowest BCUT2D eigenvalue weighted by atomic mass is 10.1. The van der Waals surface area contributed by atoms with Crippen molar-refractivity contribution in [2.24, 2.45) is 0 Å². The maximum absolute atomic E-state index is 12.7. The number of aryl methyl sites for hydroxylation is 1. The summed E-state index contributed by atoms with van der Waals surface area (Å²) in [5.74, 6) is 0.639. The van der Waals surface area contributed by atoms with Gasteiger partial charge in [0.2, 0.25) is 15.0 Å². The Morgan fingerprint density at radius 3 is 2.62 bits per heavy atom. The minimum absolute atomic E-state index is 0.0101. The monoisotopic (exact) mass is 537 g/mol. The van der Waals surface area contributed by atoms with Crippen molar-refractivity contribution in [2.45, 2.75) is 18.1 Å². The van der Waals surface area contributed by atoms with E-state index in [1.807, 2.05) is 65.4 Å². The number of rotatable bonds is 10. The molecule has 0 aliphatic heterocycles. The number of benzene rings is 2. The van der Waals surface area contributed by atoms with Gasteiger partial charge in [0.15, 0.2) is 11.5 Å². The van der Waals surface area contributed by atoms with Crippen molar-refractivity contribution in [3.05, 3.63) is 65.9 Å². The summed E-state index contributed by atoms with van der Waals surface area (Å²) in [5, 5.41) is 12.6. The molecule has 2 aromatic heterocycles. The molecule has 0 fully saturated rings. The van der Waals surface area contributed by atoms with Crippen molar-refractivity contribution >= 4 is 49.4 Å². The Kier molecular flexibility index (Phi) is 7.86. The number of amides is 1. The van der Waals surface area contributed by atoms with Crippen LogP contribution in [0.4, 0.5) is 5.13 Å². The van der Waals surface area contributed by atoms with Crippen LogP contribution in [0.25, 0.3) is 17.0 Å². The SMILES string of the molecule is COc1ccccc1OCCCn1cc(/C=C(/C#N)C(=O)Nc2nc(S(C)(=O)=O)ns2)c2ccccc21. The summed E-state index contributed by atoms with van der Waals surface area (Å²) in [4.78, 5) is 16.5. The van der Waals surface area contributed by atoms with Crippen LogP contribution in [0.2, 0.25) is 0 Å². The number of hydrogen-bond donors (Lipinski definition) is 1. The third-order valence-corrected chi connectivity index (χ3v) is 6.91. The number of nitrogens with zero attached hydrogens (tertiary/aromatic N) is 4. The lowest BCUT2D eigenvalue weighted by Crippen LogP contribution is -2.13. The summed E-state index contributed by atoms with van der Waals surface area (Å²) in [6.07, 6.45) is 5.07. The standard InChI is InChI=1S/C25H23N5O5S2/c1-34-21-10-5-6-11-22(21)35-13-7-12-30-16-18(19-8-3-4-9-20(19)30)14-17(15-26)23(31)27-24-28-25(29-36-24)37(2,32)33/h3-6,8-11,14,16H,7,12-13H2,1-2H3,(H,27,28,29,31)/b17-14-. The summed E-state index contributed by atoms with van der Waals surface area (Å²) in [7, 11) is -2.01. The molecule has 0 saturated carbocycles. The first-order valence-electron chi connectivity index (χ1n) is 11.1. The van der Waals surface area contributed by atoms with Crippen molar-refractivity contribution in [2.75, 3.05) is 25.3 Å². The molecule has 0 aliphatic carbocycles. The molecule has 12 heteroatoms. The van der Waals surface area contributed by atoms with Gasteiger partial charge in [-0.3, -0.25) is 10.1 Å². The number of para-hydroxylation sites is 3. The molecule has 0 atom stereocenters. The lowest BCUT2D eigenvalue weighted by molar-refractivity contribution is -0.112. The van der Waals surface area contributed by atoms with Gasteiger partial charge in [-0.1, -0.05) is 30.3 Å². The maximum atomic E-state index is 12.7. The van der Waals surface area contributed by atoms with E-state index in [1.54, 1.807) is 7.11 Å². The Labute approximate surface area is 217 Å². The van der Waals surface area contributed by atoms with E-state index < -0.39 is 15.7 Å². The Morgan fingerprint density at radius 1 is 1.19 bits per heavy atom. The van der Waals surface area contributed by atoms with Crippen LogP contribution >= 0.6 is 11.5 Å². The number of sulfone groups is 1. The Bertz CT molecular complexity index is 1620. The van der Waals surface area contributed by atoms with Crippen LogP contribution in [0.5, 0.6) is 11.5 Å². The summed E-state index contributed by atoms with van der Waals surface area (Å²) in [6, 6.07) is 17.0. The molecule has 37 heavy (non-hydrogen) atoms. The zero-order chi connectivity index (χ0) is 26.4. The fourth-order valence-electron chi connectivity index (χ4n) is 3.61. The largest absolute Gasteiger partial charge is 0.493 e. The van der Waals surface area contributed by atoms with Gasteiger partial charge in [-0.15, -0.1) is 0 Å². The second-order valence-electron chi connectivity index (χ2n) is 7.93. The number of carbonyl (C=O) groups excluding carboxylic acids is 1. The van der Waals surface area contributed by atoms with Crippen molar-refractivity contribution in [3.63, 3.8) is 0 Å². The minimum atomic E-state index is -3.60. The van der Waals surface area contributed by atoms with Crippen LogP contribution in [0.1, 0.15) is 12.0 Å². The first-order chi connectivity index (χ1) is 17.8. The molecule has 0 saturated heterocycles. The quantitative estimate of drug-likeness (QED) is 0.183. The summed E-state index contributed by atoms with van der Waals surface area (Å²) >= 11 is 0.725. The Morgan fingerprint density at radius 2 is 1.92 bits per heavy atom. The number of fused-ring (bicyclic) bond motifs is 1. The predicted molar refractivity (Wildman–Crippen MR) is 140 cm³/mol. The highest BCUT2D eigenvalue weighted by molar-refractivity contribution is 7.90. The van der Waals surface area contributed by atoms with Crippen LogP contribution in [-0.4, -0.2) is 48.2 Å². The highest BCUT2D eigenvalue weighted by atomic mass is 32.2. The molecular formula is C25H23N5O5S2. The zero-order valence-corrected chi connectivity index (χ0v) is 21.7. The average molecular weight is 538 g/mol. The maximum Gasteiger partial charge on any atom is 0.268 e. The zero-order valence-electron chi connectivity index (χ0n) is 20.0. The number of aromatic nitrogens is 3. The van der Waals surface area contributed by atoms with E-state index in [-0.39, 0.29) is 15.9 Å². The number of carbonyl (C=O) groups is 1. The molecule has 1 N–H and O–H groups in total. The van der Waals surface area contributed by atoms with Crippen molar-refractivity contribution < 1.29 is 22.7 Å². The van der Waals surface area contributed by atoms with Gasteiger partial charge in [-0.2, -0.15) is 14.6 Å². The summed E-state index contributed by atoms with van der Waals surface area (Å²) < 4.78 is 40.1. The van der Waals surface area contributed by atoms with Gasteiger partial charge >= 0.3 is 0 Å². The normalized spacial score (nSPS) is 11.8. The van der Waals surface area contributed by atoms with Crippen molar-refractivity contribution in [3.8, 4) is 17.6 Å². The molecule has 2 aromatic carbocycles. The van der Waals surface area contributed by atoms with E-state index in [0.717, 1.165) is 28.7 Å². The lowest BCUT2D eigenvalue weighted by Gasteiger charge is -2.11. The second-order valence-corrected chi connectivity index (χ2v) is 10.6. The highest BCUT2D eigenvalue weighted by Gasteiger charge is 2.18. The van der Waals surface area contributed by atoms with E-state index in [0.29, 0.717) is 36.6 Å². The van der Waals surface area contributed by atoms with Gasteiger partial charge < -0.3 is 14.0 Å². The smallest absolute Gasteiger partial charge is 0.268 e. The Balaban J connectivity index is 1.50. The molecule has 0 bridgehead atoms. The number of ether oxygens (including phenoxy) is 2. The van der Waals surface area contributed by atoms with Crippen molar-refractivity contribution in [1.29, 1.82) is 5.26 Å². The number of anilines is 1. The number of methoxy groups -OCH3 is 1. The van der Waals surface area contributed by atoms with E-state index in [2.05, 4.69) is 14.7 Å². The van der Waals surface area contributed by atoms with Gasteiger partial charge in [0, 0.05) is 47.0 Å². The minimum Gasteiger partial charge on any atom is -0.493 e. The van der Waals surface area contributed by atoms with Gasteiger partial charge in [-0.05, 0) is 30.7 Å². The van der Waals surface area contributed by atoms with E-state index in [4.69, 9.17) is 9.47 Å². The van der Waals surface area contributed by atoms with Gasteiger partial charge in [0.05, 0.1) is 13.7 Å². The topological polar surface area (TPSA) is 136 Å². The first-order valence-corrected chi connectivity index (χ1v) is 13.8. The first kappa shape index (κ1) is 25.9. The summed E-state index contributed by atoms with van der Waals surface area (Å²) in [6.45, 7) is 1.12. The molecule has 0 aliphatic rings. The fraction of sp³-hybridized carbons (Fsp3) is 0.200. The number of nitriles is 1. The molecule has 0 unspecified atom stereocenters. The number of nitrogens with one attached hydrogen (secondary N) is 1. The molecule has 1 amide bonds.